The second-order valence-corrected chi connectivity index (χ2v) is 8.98. The fraction of sp³-hybridized carbons (Fsp3) is 0.550. The first-order chi connectivity index (χ1) is 11.6. The van der Waals surface area contributed by atoms with E-state index in [0.29, 0.717) is 12.0 Å². The molecule has 1 aromatic carbocycles. The summed E-state index contributed by atoms with van der Waals surface area (Å²) in [6.45, 7) is 11.8. The molecule has 0 spiro atoms. The number of phenolic OH excluding ortho intramolecular Hbond substituents is 1. The molecule has 144 valence electrons. The maximum absolute atomic E-state index is 13.0. The lowest BCUT2D eigenvalue weighted by atomic mass is 9.74. The van der Waals surface area contributed by atoms with Gasteiger partial charge in [0, 0.05) is 11.5 Å². The number of primary amides is 2. The van der Waals surface area contributed by atoms with Crippen LogP contribution in [0.2, 0.25) is 0 Å². The van der Waals surface area contributed by atoms with Gasteiger partial charge in [0.2, 0.25) is 11.8 Å². The highest BCUT2D eigenvalue weighted by molar-refractivity contribution is 6.19. The van der Waals surface area contributed by atoms with E-state index in [1.54, 1.807) is 12.1 Å². The highest BCUT2D eigenvalue weighted by atomic mass is 16.3. The SMILES string of the molecule is CC(C)(C)CC(C(=O)C(C(N)=O)C(N)=O)c1cc(C(C)(C)C)ccc1O. The van der Waals surface area contributed by atoms with E-state index in [0.717, 1.165) is 5.56 Å². The van der Waals surface area contributed by atoms with Gasteiger partial charge in [0.15, 0.2) is 11.7 Å². The summed E-state index contributed by atoms with van der Waals surface area (Å²) in [7, 11) is 0. The normalized spacial score (nSPS) is 13.5. The average molecular weight is 362 g/mol. The van der Waals surface area contributed by atoms with Crippen LogP contribution >= 0.6 is 0 Å². The molecule has 6 nitrogen and oxygen atoms in total. The first-order valence-corrected chi connectivity index (χ1v) is 8.61. The topological polar surface area (TPSA) is 123 Å². The van der Waals surface area contributed by atoms with Gasteiger partial charge in [-0.15, -0.1) is 0 Å². The van der Waals surface area contributed by atoms with Crippen molar-refractivity contribution in [2.75, 3.05) is 0 Å². The highest BCUT2D eigenvalue weighted by Crippen LogP contribution is 2.39. The summed E-state index contributed by atoms with van der Waals surface area (Å²) in [4.78, 5) is 36.3. The zero-order chi connectivity index (χ0) is 20.4. The van der Waals surface area contributed by atoms with E-state index < -0.39 is 29.4 Å². The molecule has 1 unspecified atom stereocenters. The number of nitrogens with two attached hydrogens (primary N) is 2. The van der Waals surface area contributed by atoms with Gasteiger partial charge in [-0.1, -0.05) is 53.7 Å². The number of amides is 2. The number of rotatable bonds is 6. The van der Waals surface area contributed by atoms with Gasteiger partial charge < -0.3 is 16.6 Å². The third kappa shape index (κ3) is 5.31. The molecule has 0 saturated heterocycles. The second-order valence-electron chi connectivity index (χ2n) is 8.98. The van der Waals surface area contributed by atoms with Gasteiger partial charge in [-0.2, -0.15) is 0 Å². The Bertz CT molecular complexity index is 698. The van der Waals surface area contributed by atoms with Crippen molar-refractivity contribution in [2.24, 2.45) is 22.8 Å². The van der Waals surface area contributed by atoms with Crippen LogP contribution in [0.3, 0.4) is 0 Å². The molecule has 0 aliphatic carbocycles. The molecular formula is C20H30N2O4. The monoisotopic (exact) mass is 362 g/mol. The highest BCUT2D eigenvalue weighted by Gasteiger charge is 2.39. The molecule has 0 bridgehead atoms. The zero-order valence-electron chi connectivity index (χ0n) is 16.4. The zero-order valence-corrected chi connectivity index (χ0v) is 16.4. The van der Waals surface area contributed by atoms with Crippen molar-refractivity contribution in [1.29, 1.82) is 0 Å². The Morgan fingerprint density at radius 3 is 1.88 bits per heavy atom. The van der Waals surface area contributed by atoms with Gasteiger partial charge in [0.25, 0.3) is 0 Å². The number of phenols is 1. The van der Waals surface area contributed by atoms with Crippen LogP contribution in [0.1, 0.15) is 65.0 Å². The van der Waals surface area contributed by atoms with E-state index in [-0.39, 0.29) is 16.6 Å². The third-order valence-corrected chi connectivity index (χ3v) is 4.28. The summed E-state index contributed by atoms with van der Waals surface area (Å²) in [6.07, 6.45) is 0.323. The number of carbonyl (C=O) groups excluding carboxylic acids is 3. The van der Waals surface area contributed by atoms with E-state index in [4.69, 9.17) is 11.5 Å². The smallest absolute Gasteiger partial charge is 0.237 e. The lowest BCUT2D eigenvalue weighted by Gasteiger charge is -2.29. The number of hydrogen-bond donors (Lipinski definition) is 3. The molecule has 0 heterocycles. The van der Waals surface area contributed by atoms with Gasteiger partial charge in [-0.25, -0.2) is 0 Å². The molecule has 6 heteroatoms. The molecule has 0 aliphatic rings. The Kier molecular flexibility index (Phi) is 6.23. The minimum atomic E-state index is -1.72. The number of ketones is 1. The minimum Gasteiger partial charge on any atom is -0.508 e. The van der Waals surface area contributed by atoms with Crippen LogP contribution in [0.5, 0.6) is 5.75 Å². The molecule has 0 radical (unpaired) electrons. The number of aromatic hydroxyl groups is 1. The predicted molar refractivity (Wildman–Crippen MR) is 101 cm³/mol. The van der Waals surface area contributed by atoms with Crippen LogP contribution in [-0.2, 0) is 19.8 Å². The maximum atomic E-state index is 13.0. The summed E-state index contributed by atoms with van der Waals surface area (Å²) in [5.41, 5.74) is 11.3. The summed E-state index contributed by atoms with van der Waals surface area (Å²) < 4.78 is 0. The average Bonchev–Trinajstić information content (AvgIpc) is 2.42. The van der Waals surface area contributed by atoms with Crippen molar-refractivity contribution in [1.82, 2.24) is 0 Å². The van der Waals surface area contributed by atoms with Gasteiger partial charge in [-0.05, 0) is 28.9 Å². The fourth-order valence-electron chi connectivity index (χ4n) is 2.90. The van der Waals surface area contributed by atoms with E-state index in [2.05, 4.69) is 0 Å². The molecule has 5 N–H and O–H groups in total. The van der Waals surface area contributed by atoms with Gasteiger partial charge in [-0.3, -0.25) is 14.4 Å². The second kappa shape index (κ2) is 7.48. The standard InChI is InChI=1S/C20H30N2O4/c1-19(2,3)10-13(16(24)15(17(21)25)18(22)26)12-9-11(20(4,5)6)7-8-14(12)23/h7-9,13,15,23H,10H2,1-6H3,(H2,21,25)(H2,22,26). The lowest BCUT2D eigenvalue weighted by Crippen LogP contribution is -2.43. The van der Waals surface area contributed by atoms with Crippen LogP contribution in [0, 0.1) is 11.3 Å². The quantitative estimate of drug-likeness (QED) is 0.672. The summed E-state index contributed by atoms with van der Waals surface area (Å²) in [6, 6.07) is 5.07. The van der Waals surface area contributed by atoms with Crippen LogP contribution in [0.4, 0.5) is 0 Å². The largest absolute Gasteiger partial charge is 0.508 e. The molecule has 0 aromatic heterocycles. The van der Waals surface area contributed by atoms with Crippen LogP contribution < -0.4 is 11.5 Å². The van der Waals surface area contributed by atoms with Crippen molar-refractivity contribution >= 4 is 17.6 Å². The molecule has 2 amide bonds. The molecule has 1 rings (SSSR count). The van der Waals surface area contributed by atoms with E-state index >= 15 is 0 Å². The Morgan fingerprint density at radius 1 is 1.00 bits per heavy atom. The number of Topliss-reactive ketones (excluding diaryl/α,β-unsaturated/α-hetero) is 1. The van der Waals surface area contributed by atoms with Crippen LogP contribution in [-0.4, -0.2) is 22.7 Å². The molecule has 0 fully saturated rings. The Labute approximate surface area is 154 Å². The lowest BCUT2D eigenvalue weighted by molar-refractivity contribution is -0.140. The van der Waals surface area contributed by atoms with Crippen molar-refractivity contribution in [3.05, 3.63) is 29.3 Å². The van der Waals surface area contributed by atoms with E-state index in [1.165, 1.54) is 6.07 Å². The van der Waals surface area contributed by atoms with Crippen molar-refractivity contribution in [3.63, 3.8) is 0 Å². The number of carbonyl (C=O) groups is 3. The molecule has 0 aliphatic heterocycles. The van der Waals surface area contributed by atoms with E-state index in [1.807, 2.05) is 41.5 Å². The first-order valence-electron chi connectivity index (χ1n) is 8.61. The van der Waals surface area contributed by atoms with Crippen LogP contribution in [0.25, 0.3) is 0 Å². The third-order valence-electron chi connectivity index (χ3n) is 4.28. The van der Waals surface area contributed by atoms with Crippen molar-refractivity contribution < 1.29 is 19.5 Å². The summed E-state index contributed by atoms with van der Waals surface area (Å²) in [5.74, 6) is -5.49. The van der Waals surface area contributed by atoms with Crippen molar-refractivity contribution in [2.45, 2.75) is 59.3 Å². The van der Waals surface area contributed by atoms with Gasteiger partial charge >= 0.3 is 0 Å². The van der Waals surface area contributed by atoms with Gasteiger partial charge in [0.05, 0.1) is 0 Å². The van der Waals surface area contributed by atoms with Crippen LogP contribution in [0.15, 0.2) is 18.2 Å². The Balaban J connectivity index is 3.55. The van der Waals surface area contributed by atoms with E-state index in [9.17, 15) is 19.5 Å². The number of benzene rings is 1. The first kappa shape index (κ1) is 21.7. The van der Waals surface area contributed by atoms with Gasteiger partial charge in [0.1, 0.15) is 5.75 Å². The summed E-state index contributed by atoms with van der Waals surface area (Å²) in [5, 5.41) is 10.4. The summed E-state index contributed by atoms with van der Waals surface area (Å²) >= 11 is 0. The van der Waals surface area contributed by atoms with Crippen molar-refractivity contribution in [3.8, 4) is 5.75 Å². The fourth-order valence-corrected chi connectivity index (χ4v) is 2.90. The number of hydrogen-bond acceptors (Lipinski definition) is 4. The minimum absolute atomic E-state index is 0.0618. The Hall–Kier alpha value is -2.37. The molecule has 0 saturated carbocycles. The predicted octanol–water partition coefficient (Wildman–Crippen LogP) is 2.37. The molecule has 1 atom stereocenters. The molecule has 26 heavy (non-hydrogen) atoms. The maximum Gasteiger partial charge on any atom is 0.237 e. The Morgan fingerprint density at radius 2 is 1.50 bits per heavy atom. The molecule has 1 aromatic rings. The molecular weight excluding hydrogens is 332 g/mol.